The van der Waals surface area contributed by atoms with Crippen molar-refractivity contribution in [2.45, 2.75) is 0 Å². The summed E-state index contributed by atoms with van der Waals surface area (Å²) < 4.78 is 16.3. The van der Waals surface area contributed by atoms with Crippen LogP contribution in [-0.4, -0.2) is 14.2 Å². The van der Waals surface area contributed by atoms with E-state index in [1.165, 1.54) is 7.11 Å². The molecule has 3 aromatic rings. The van der Waals surface area contributed by atoms with Gasteiger partial charge < -0.3 is 13.9 Å². The first kappa shape index (κ1) is 11.6. The van der Waals surface area contributed by atoms with Crippen LogP contribution < -0.4 is 14.9 Å². The predicted molar refractivity (Wildman–Crippen MR) is 73.1 cm³/mol. The number of ether oxygens (including phenoxy) is 2. The van der Waals surface area contributed by atoms with E-state index in [9.17, 15) is 4.79 Å². The van der Waals surface area contributed by atoms with Crippen LogP contribution in [0.25, 0.3) is 21.9 Å². The van der Waals surface area contributed by atoms with E-state index in [0.717, 1.165) is 0 Å². The molecule has 0 unspecified atom stereocenters. The zero-order valence-corrected chi connectivity index (χ0v) is 10.6. The molecule has 0 bridgehead atoms. The van der Waals surface area contributed by atoms with Gasteiger partial charge in [0.05, 0.1) is 25.0 Å². The SMILES string of the molecule is COc1ccc2c(=O)c3ccccc3oc2c1OC. The van der Waals surface area contributed by atoms with Crippen LogP contribution >= 0.6 is 0 Å². The van der Waals surface area contributed by atoms with Crippen molar-refractivity contribution in [3.8, 4) is 11.5 Å². The predicted octanol–water partition coefficient (Wildman–Crippen LogP) is 2.96. The van der Waals surface area contributed by atoms with Crippen LogP contribution in [-0.2, 0) is 0 Å². The van der Waals surface area contributed by atoms with E-state index in [4.69, 9.17) is 13.9 Å². The van der Waals surface area contributed by atoms with Gasteiger partial charge in [-0.1, -0.05) is 12.1 Å². The third-order valence-corrected chi connectivity index (χ3v) is 3.09. The van der Waals surface area contributed by atoms with Crippen molar-refractivity contribution < 1.29 is 13.9 Å². The van der Waals surface area contributed by atoms with Gasteiger partial charge in [-0.2, -0.15) is 0 Å². The van der Waals surface area contributed by atoms with Gasteiger partial charge in [0.25, 0.3) is 0 Å². The van der Waals surface area contributed by atoms with Gasteiger partial charge in [0, 0.05) is 0 Å². The zero-order chi connectivity index (χ0) is 13.4. The largest absolute Gasteiger partial charge is 0.493 e. The summed E-state index contributed by atoms with van der Waals surface area (Å²) in [5, 5.41) is 1.04. The second-order valence-corrected chi connectivity index (χ2v) is 4.11. The maximum Gasteiger partial charge on any atom is 0.204 e. The Morgan fingerprint density at radius 2 is 1.74 bits per heavy atom. The first-order chi connectivity index (χ1) is 9.26. The fourth-order valence-corrected chi connectivity index (χ4v) is 2.18. The quantitative estimate of drug-likeness (QED) is 0.661. The lowest BCUT2D eigenvalue weighted by Gasteiger charge is -2.10. The monoisotopic (exact) mass is 256 g/mol. The summed E-state index contributed by atoms with van der Waals surface area (Å²) >= 11 is 0. The molecule has 4 heteroatoms. The lowest BCUT2D eigenvalue weighted by molar-refractivity contribution is 0.354. The minimum absolute atomic E-state index is 0.0715. The lowest BCUT2D eigenvalue weighted by Crippen LogP contribution is -2.03. The summed E-state index contributed by atoms with van der Waals surface area (Å²) in [7, 11) is 3.06. The molecule has 0 aliphatic rings. The summed E-state index contributed by atoms with van der Waals surface area (Å²) in [6.07, 6.45) is 0. The summed E-state index contributed by atoms with van der Waals surface area (Å²) in [6.45, 7) is 0. The molecular weight excluding hydrogens is 244 g/mol. The van der Waals surface area contributed by atoms with E-state index in [1.54, 1.807) is 31.4 Å². The number of para-hydroxylation sites is 1. The Hall–Kier alpha value is -2.49. The van der Waals surface area contributed by atoms with Crippen LogP contribution in [0.5, 0.6) is 11.5 Å². The molecule has 19 heavy (non-hydrogen) atoms. The Labute approximate surface area is 109 Å². The maximum atomic E-state index is 12.4. The number of rotatable bonds is 2. The average molecular weight is 256 g/mol. The molecule has 0 radical (unpaired) electrons. The molecule has 1 aromatic heterocycles. The summed E-state index contributed by atoms with van der Waals surface area (Å²) in [5.41, 5.74) is 0.870. The number of hydrogen-bond donors (Lipinski definition) is 0. The first-order valence-corrected chi connectivity index (χ1v) is 5.83. The fraction of sp³-hybridized carbons (Fsp3) is 0.133. The third-order valence-electron chi connectivity index (χ3n) is 3.09. The zero-order valence-electron chi connectivity index (χ0n) is 10.6. The molecule has 0 saturated carbocycles. The fourth-order valence-electron chi connectivity index (χ4n) is 2.18. The van der Waals surface area contributed by atoms with E-state index in [2.05, 4.69) is 0 Å². The number of fused-ring (bicyclic) bond motifs is 2. The maximum absolute atomic E-state index is 12.4. The molecular formula is C15H12O4. The van der Waals surface area contributed by atoms with Crippen LogP contribution in [0.15, 0.2) is 45.6 Å². The van der Waals surface area contributed by atoms with Gasteiger partial charge in [-0.25, -0.2) is 0 Å². The highest BCUT2D eigenvalue weighted by atomic mass is 16.5. The third kappa shape index (κ3) is 1.64. The van der Waals surface area contributed by atoms with Crippen LogP contribution in [0.1, 0.15) is 0 Å². The first-order valence-electron chi connectivity index (χ1n) is 5.83. The molecule has 0 aliphatic heterocycles. The highest BCUT2D eigenvalue weighted by molar-refractivity contribution is 5.93. The Balaban J connectivity index is 2.54. The lowest BCUT2D eigenvalue weighted by atomic mass is 10.1. The molecule has 0 saturated heterocycles. The molecule has 0 aliphatic carbocycles. The van der Waals surface area contributed by atoms with Crippen molar-refractivity contribution in [3.05, 3.63) is 46.6 Å². The number of hydrogen-bond acceptors (Lipinski definition) is 4. The van der Waals surface area contributed by atoms with Crippen molar-refractivity contribution in [1.82, 2.24) is 0 Å². The highest BCUT2D eigenvalue weighted by Gasteiger charge is 2.15. The van der Waals surface area contributed by atoms with Crippen molar-refractivity contribution in [1.29, 1.82) is 0 Å². The van der Waals surface area contributed by atoms with Crippen molar-refractivity contribution in [3.63, 3.8) is 0 Å². The van der Waals surface area contributed by atoms with E-state index < -0.39 is 0 Å². The topological polar surface area (TPSA) is 48.7 Å². The van der Waals surface area contributed by atoms with Gasteiger partial charge in [0.1, 0.15) is 5.58 Å². The second-order valence-electron chi connectivity index (χ2n) is 4.11. The second kappa shape index (κ2) is 4.31. The van der Waals surface area contributed by atoms with Crippen molar-refractivity contribution in [2.24, 2.45) is 0 Å². The van der Waals surface area contributed by atoms with E-state index in [-0.39, 0.29) is 5.43 Å². The van der Waals surface area contributed by atoms with E-state index in [1.807, 2.05) is 12.1 Å². The molecule has 0 atom stereocenters. The normalized spacial score (nSPS) is 10.8. The molecule has 96 valence electrons. The molecule has 0 fully saturated rings. The standard InChI is InChI=1S/C15H12O4/c1-17-12-8-7-10-13(16)9-5-3-4-6-11(9)19-14(10)15(12)18-2/h3-8H,1-2H3. The highest BCUT2D eigenvalue weighted by Crippen LogP contribution is 2.35. The Kier molecular flexibility index (Phi) is 2.63. The molecule has 0 spiro atoms. The van der Waals surface area contributed by atoms with Crippen LogP contribution in [0.2, 0.25) is 0 Å². The van der Waals surface area contributed by atoms with E-state index >= 15 is 0 Å². The Bertz CT molecular complexity index is 817. The molecule has 4 nitrogen and oxygen atoms in total. The Morgan fingerprint density at radius 1 is 0.947 bits per heavy atom. The minimum atomic E-state index is -0.0715. The number of methoxy groups -OCH3 is 2. The van der Waals surface area contributed by atoms with Crippen molar-refractivity contribution >= 4 is 21.9 Å². The van der Waals surface area contributed by atoms with Crippen LogP contribution in [0.4, 0.5) is 0 Å². The van der Waals surface area contributed by atoms with Crippen molar-refractivity contribution in [2.75, 3.05) is 14.2 Å². The van der Waals surface area contributed by atoms with Crippen LogP contribution in [0, 0.1) is 0 Å². The summed E-state index contributed by atoms with van der Waals surface area (Å²) in [6, 6.07) is 10.5. The van der Waals surface area contributed by atoms with Gasteiger partial charge in [0.15, 0.2) is 11.3 Å². The Morgan fingerprint density at radius 3 is 2.47 bits per heavy atom. The molecule has 0 N–H and O–H groups in total. The van der Waals surface area contributed by atoms with Gasteiger partial charge in [-0.15, -0.1) is 0 Å². The van der Waals surface area contributed by atoms with Crippen LogP contribution in [0.3, 0.4) is 0 Å². The minimum Gasteiger partial charge on any atom is -0.493 e. The van der Waals surface area contributed by atoms with Gasteiger partial charge in [0.2, 0.25) is 11.2 Å². The molecule has 3 rings (SSSR count). The molecule has 0 amide bonds. The summed E-state index contributed by atoms with van der Waals surface area (Å²) in [4.78, 5) is 12.4. The molecule has 2 aromatic carbocycles. The van der Waals surface area contributed by atoms with Gasteiger partial charge in [-0.3, -0.25) is 4.79 Å². The van der Waals surface area contributed by atoms with Gasteiger partial charge >= 0.3 is 0 Å². The number of benzene rings is 2. The average Bonchev–Trinajstić information content (AvgIpc) is 2.46. The van der Waals surface area contributed by atoms with E-state index in [0.29, 0.717) is 33.4 Å². The smallest absolute Gasteiger partial charge is 0.204 e. The summed E-state index contributed by atoms with van der Waals surface area (Å²) in [5.74, 6) is 0.969. The van der Waals surface area contributed by atoms with Gasteiger partial charge in [-0.05, 0) is 24.3 Å². The molecule has 1 heterocycles.